The average Bonchev–Trinajstić information content (AvgIpc) is 2.74. The Hall–Kier alpha value is -2.63. The number of benzene rings is 1. The molecule has 3 saturated heterocycles. The van der Waals surface area contributed by atoms with Crippen LogP contribution in [-0.2, 0) is 9.59 Å². The Morgan fingerprint density at radius 1 is 1.23 bits per heavy atom. The number of hydrogen-bond donors (Lipinski definition) is 1. The number of para-hydroxylation sites is 1. The summed E-state index contributed by atoms with van der Waals surface area (Å²) >= 11 is 0. The van der Waals surface area contributed by atoms with E-state index in [0.29, 0.717) is 24.8 Å². The van der Waals surface area contributed by atoms with E-state index in [1.165, 1.54) is 10.9 Å². The lowest BCUT2D eigenvalue weighted by molar-refractivity contribution is -0.149. The van der Waals surface area contributed by atoms with Crippen LogP contribution in [0.15, 0.2) is 30.3 Å². The Morgan fingerprint density at radius 3 is 2.87 bits per heavy atom. The van der Waals surface area contributed by atoms with Gasteiger partial charge in [0.15, 0.2) is 0 Å². The Balaban J connectivity index is 1.47. The molecule has 2 aromatic rings. The first-order chi connectivity index (χ1) is 14.5. The summed E-state index contributed by atoms with van der Waals surface area (Å²) in [7, 11) is 0. The smallest absolute Gasteiger partial charge is 0.223 e. The zero-order valence-corrected chi connectivity index (χ0v) is 17.8. The van der Waals surface area contributed by atoms with Crippen molar-refractivity contribution in [3.05, 3.63) is 35.9 Å². The van der Waals surface area contributed by atoms with Crippen molar-refractivity contribution in [2.45, 2.75) is 51.6 Å². The average molecular weight is 407 g/mol. The molecule has 3 fully saturated rings. The highest BCUT2D eigenvalue weighted by Gasteiger charge is 2.49. The van der Waals surface area contributed by atoms with E-state index in [9.17, 15) is 9.59 Å². The number of piperidine rings is 3. The van der Waals surface area contributed by atoms with Crippen LogP contribution in [0.1, 0.15) is 38.2 Å². The summed E-state index contributed by atoms with van der Waals surface area (Å²) in [6.45, 7) is 6.08. The summed E-state index contributed by atoms with van der Waals surface area (Å²) in [5.74, 6) is 2.09. The van der Waals surface area contributed by atoms with Crippen molar-refractivity contribution >= 4 is 28.5 Å². The van der Waals surface area contributed by atoms with Gasteiger partial charge < -0.3 is 15.1 Å². The molecule has 6 heteroatoms. The van der Waals surface area contributed by atoms with Crippen molar-refractivity contribution in [2.75, 3.05) is 24.5 Å². The molecule has 3 aliphatic rings. The van der Waals surface area contributed by atoms with Crippen LogP contribution in [0.25, 0.3) is 10.9 Å². The van der Waals surface area contributed by atoms with E-state index in [1.807, 2.05) is 6.07 Å². The minimum atomic E-state index is -0.0300. The second-order valence-corrected chi connectivity index (χ2v) is 9.24. The van der Waals surface area contributed by atoms with E-state index in [0.717, 1.165) is 43.7 Å². The molecule has 0 saturated carbocycles. The van der Waals surface area contributed by atoms with E-state index < -0.39 is 0 Å². The summed E-state index contributed by atoms with van der Waals surface area (Å²) in [5, 5.41) is 4.19. The molecule has 2 amide bonds. The number of amides is 2. The van der Waals surface area contributed by atoms with Gasteiger partial charge in [0.05, 0.1) is 11.6 Å². The summed E-state index contributed by atoms with van der Waals surface area (Å²) in [5.41, 5.74) is 2.28. The van der Waals surface area contributed by atoms with Crippen LogP contribution in [0.2, 0.25) is 0 Å². The molecule has 0 unspecified atom stereocenters. The molecule has 158 valence electrons. The van der Waals surface area contributed by atoms with Gasteiger partial charge in [-0.15, -0.1) is 0 Å². The first-order valence-electron chi connectivity index (χ1n) is 11.2. The normalized spacial score (nSPS) is 28.4. The molecule has 0 aliphatic carbocycles. The molecule has 1 aromatic carbocycles. The zero-order valence-electron chi connectivity index (χ0n) is 17.8. The first-order valence-corrected chi connectivity index (χ1v) is 11.2. The van der Waals surface area contributed by atoms with Crippen molar-refractivity contribution in [2.24, 2.45) is 11.8 Å². The molecular weight excluding hydrogens is 376 g/mol. The van der Waals surface area contributed by atoms with Crippen molar-refractivity contribution < 1.29 is 9.59 Å². The number of hydrogen-bond acceptors (Lipinski definition) is 4. The summed E-state index contributed by atoms with van der Waals surface area (Å²) in [6, 6.07) is 10.9. The Morgan fingerprint density at radius 2 is 2.03 bits per heavy atom. The number of carbonyl (C=O) groups is 2. The van der Waals surface area contributed by atoms with Gasteiger partial charge in [0.2, 0.25) is 11.8 Å². The summed E-state index contributed by atoms with van der Waals surface area (Å²) in [6.07, 6.45) is 3.81. The maximum absolute atomic E-state index is 12.8. The molecule has 6 nitrogen and oxygen atoms in total. The first kappa shape index (κ1) is 19.3. The number of aryl methyl sites for hydroxylation is 1. The van der Waals surface area contributed by atoms with E-state index in [1.54, 1.807) is 6.92 Å². The molecular formula is C24H30N4O2. The molecule has 0 spiro atoms. The fourth-order valence-electron chi connectivity index (χ4n) is 5.97. The van der Waals surface area contributed by atoms with E-state index in [-0.39, 0.29) is 23.9 Å². The van der Waals surface area contributed by atoms with Gasteiger partial charge in [-0.2, -0.15) is 0 Å². The number of rotatable bonds is 3. The van der Waals surface area contributed by atoms with Gasteiger partial charge in [0.1, 0.15) is 5.82 Å². The highest BCUT2D eigenvalue weighted by Crippen LogP contribution is 2.42. The number of anilines is 1. The largest absolute Gasteiger partial charge is 0.356 e. The third kappa shape index (κ3) is 3.32. The quantitative estimate of drug-likeness (QED) is 0.851. The molecule has 4 heterocycles. The third-order valence-corrected chi connectivity index (χ3v) is 7.29. The van der Waals surface area contributed by atoms with Crippen LogP contribution < -0.4 is 10.2 Å². The van der Waals surface area contributed by atoms with Crippen LogP contribution in [-0.4, -0.2) is 53.4 Å². The predicted octanol–water partition coefficient (Wildman–Crippen LogP) is 2.89. The molecule has 30 heavy (non-hydrogen) atoms. The molecule has 2 bridgehead atoms. The van der Waals surface area contributed by atoms with Crippen LogP contribution in [0.3, 0.4) is 0 Å². The Labute approximate surface area is 177 Å². The number of fused-ring (bicyclic) bond motifs is 5. The number of pyridine rings is 1. The second-order valence-electron chi connectivity index (χ2n) is 9.24. The van der Waals surface area contributed by atoms with Crippen molar-refractivity contribution in [3.63, 3.8) is 0 Å². The number of nitrogens with one attached hydrogen (secondary N) is 1. The molecule has 3 aliphatic heterocycles. The van der Waals surface area contributed by atoms with Crippen molar-refractivity contribution in [1.29, 1.82) is 0 Å². The van der Waals surface area contributed by atoms with Crippen molar-refractivity contribution in [3.8, 4) is 0 Å². The minimum absolute atomic E-state index is 0.0300. The highest BCUT2D eigenvalue weighted by molar-refractivity contribution is 5.84. The van der Waals surface area contributed by atoms with E-state index >= 15 is 0 Å². The highest BCUT2D eigenvalue weighted by atomic mass is 16.2. The third-order valence-electron chi connectivity index (χ3n) is 7.29. The lowest BCUT2D eigenvalue weighted by atomic mass is 9.72. The van der Waals surface area contributed by atoms with Gasteiger partial charge in [-0.1, -0.05) is 18.2 Å². The zero-order chi connectivity index (χ0) is 20.8. The second kappa shape index (κ2) is 7.56. The SMILES string of the molecule is CC(=O)NC[C@H]1[C@H]2C[C@H](CN(c3cc(C)c4ccccc4n3)C2)[C@@H]2CCCC(=O)N21. The predicted molar refractivity (Wildman–Crippen MR) is 117 cm³/mol. The van der Waals surface area contributed by atoms with Gasteiger partial charge in [-0.25, -0.2) is 4.98 Å². The van der Waals surface area contributed by atoms with Gasteiger partial charge in [0, 0.05) is 44.4 Å². The molecule has 1 aromatic heterocycles. The molecule has 5 rings (SSSR count). The van der Waals surface area contributed by atoms with E-state index in [4.69, 9.17) is 4.98 Å². The number of carbonyl (C=O) groups excluding carboxylic acids is 2. The van der Waals surface area contributed by atoms with Gasteiger partial charge in [-0.3, -0.25) is 9.59 Å². The fourth-order valence-corrected chi connectivity index (χ4v) is 5.97. The molecule has 0 radical (unpaired) electrons. The van der Waals surface area contributed by atoms with Crippen LogP contribution >= 0.6 is 0 Å². The topological polar surface area (TPSA) is 65.5 Å². The van der Waals surface area contributed by atoms with Crippen molar-refractivity contribution in [1.82, 2.24) is 15.2 Å². The van der Waals surface area contributed by atoms with Gasteiger partial charge in [0.25, 0.3) is 0 Å². The lowest BCUT2D eigenvalue weighted by Gasteiger charge is -2.56. The minimum Gasteiger partial charge on any atom is -0.356 e. The Kier molecular flexibility index (Phi) is 4.88. The fraction of sp³-hybridized carbons (Fsp3) is 0.542. The van der Waals surface area contributed by atoms with Gasteiger partial charge in [-0.05, 0) is 55.7 Å². The van der Waals surface area contributed by atoms with Crippen LogP contribution in [0.4, 0.5) is 5.82 Å². The summed E-state index contributed by atoms with van der Waals surface area (Å²) in [4.78, 5) is 34.0. The maximum Gasteiger partial charge on any atom is 0.223 e. The van der Waals surface area contributed by atoms with Crippen LogP contribution in [0, 0.1) is 18.8 Å². The van der Waals surface area contributed by atoms with Gasteiger partial charge >= 0.3 is 0 Å². The number of aromatic nitrogens is 1. The standard InChI is InChI=1S/C24H30N4O2/c1-15-10-23(26-20-7-4-3-6-19(15)20)27-13-17-11-18(14-27)22(12-25-16(2)29)28-21(17)8-5-9-24(28)30/h3-4,6-7,10,17-18,21-22H,5,8-9,11-14H2,1-2H3,(H,25,29)/t17-,18+,21+,22+/m1/s1. The summed E-state index contributed by atoms with van der Waals surface area (Å²) < 4.78 is 0. The maximum atomic E-state index is 12.8. The number of nitrogens with zero attached hydrogens (tertiary/aromatic N) is 3. The van der Waals surface area contributed by atoms with Crippen LogP contribution in [0.5, 0.6) is 0 Å². The molecule has 1 N–H and O–H groups in total. The Bertz CT molecular complexity index is 990. The van der Waals surface area contributed by atoms with E-state index in [2.05, 4.69) is 46.3 Å². The molecule has 4 atom stereocenters. The lowest BCUT2D eigenvalue weighted by Crippen LogP contribution is -2.67. The monoisotopic (exact) mass is 406 g/mol.